The second-order valence-electron chi connectivity index (χ2n) is 7.55. The Morgan fingerprint density at radius 2 is 2.00 bits per heavy atom. The van der Waals surface area contributed by atoms with E-state index in [0.717, 1.165) is 16.9 Å². The van der Waals surface area contributed by atoms with Gasteiger partial charge in [0.2, 0.25) is 0 Å². The molecule has 5 nitrogen and oxygen atoms in total. The number of esters is 1. The molecule has 1 aromatic heterocycles. The van der Waals surface area contributed by atoms with Crippen LogP contribution in [-0.2, 0) is 9.53 Å². The van der Waals surface area contributed by atoms with Gasteiger partial charge in [-0.05, 0) is 53.8 Å². The smallest absolute Gasteiger partial charge is 0.331 e. The summed E-state index contributed by atoms with van der Waals surface area (Å²) in [6.07, 6.45) is 6.65. The largest absolute Gasteiger partial charge is 0.508 e. The minimum Gasteiger partial charge on any atom is -0.508 e. The zero-order chi connectivity index (χ0) is 19.8. The number of rotatable bonds is 4. The maximum Gasteiger partial charge on any atom is 0.331 e. The molecule has 2 aromatic rings. The van der Waals surface area contributed by atoms with E-state index in [4.69, 9.17) is 13.9 Å². The number of hydrogen-bond donors (Lipinski definition) is 1. The van der Waals surface area contributed by atoms with Crippen molar-refractivity contribution in [1.82, 2.24) is 0 Å². The second-order valence-corrected chi connectivity index (χ2v) is 7.55. The van der Waals surface area contributed by atoms with Gasteiger partial charge in [-0.25, -0.2) is 4.79 Å². The highest BCUT2D eigenvalue weighted by Crippen LogP contribution is 2.53. The number of phenols is 1. The lowest BCUT2D eigenvalue weighted by Crippen LogP contribution is -2.32. The molecule has 0 amide bonds. The van der Waals surface area contributed by atoms with Crippen LogP contribution in [0, 0.1) is 11.8 Å². The van der Waals surface area contributed by atoms with Crippen LogP contribution >= 0.6 is 0 Å². The molecule has 2 aliphatic rings. The van der Waals surface area contributed by atoms with Crippen molar-refractivity contribution in [3.8, 4) is 11.5 Å². The van der Waals surface area contributed by atoms with E-state index in [9.17, 15) is 9.90 Å². The van der Waals surface area contributed by atoms with E-state index in [0.29, 0.717) is 5.75 Å². The number of furan rings is 1. The molecule has 1 aliphatic carbocycles. The molecule has 0 saturated carbocycles. The van der Waals surface area contributed by atoms with E-state index in [-0.39, 0.29) is 35.4 Å². The molecule has 0 fully saturated rings. The number of hydrogen-bond acceptors (Lipinski definition) is 5. The third-order valence-corrected chi connectivity index (χ3v) is 5.99. The van der Waals surface area contributed by atoms with Crippen molar-refractivity contribution in [2.45, 2.75) is 31.8 Å². The Hall–Kier alpha value is -2.95. The van der Waals surface area contributed by atoms with Crippen molar-refractivity contribution in [2.24, 2.45) is 11.8 Å². The standard InChI is InChI=1S/C23H24O5/c1-13-11-17(19-8-9-21(25)28-19)23(20-5-4-10-27-20)22(14(13)2)16-12-15(26-3)6-7-18(16)24/h4-14,19,22-24H,1-3H3/t13-,14+,19-,22+,23-/m0/s1. The molecule has 28 heavy (non-hydrogen) atoms. The molecular weight excluding hydrogens is 356 g/mol. The minimum atomic E-state index is -0.423. The number of phenolic OH excluding ortho intramolecular Hbond substituents is 1. The summed E-state index contributed by atoms with van der Waals surface area (Å²) in [5.41, 5.74) is 1.79. The summed E-state index contributed by atoms with van der Waals surface area (Å²) in [6, 6.07) is 9.09. The van der Waals surface area contributed by atoms with Crippen LogP contribution < -0.4 is 4.74 Å². The summed E-state index contributed by atoms with van der Waals surface area (Å²) in [6.45, 7) is 4.32. The summed E-state index contributed by atoms with van der Waals surface area (Å²) < 4.78 is 16.7. The molecule has 0 saturated heterocycles. The van der Waals surface area contributed by atoms with E-state index in [1.165, 1.54) is 6.08 Å². The van der Waals surface area contributed by atoms with Gasteiger partial charge >= 0.3 is 5.97 Å². The molecular formula is C23H24O5. The maximum absolute atomic E-state index is 11.7. The van der Waals surface area contributed by atoms with Crippen molar-refractivity contribution in [2.75, 3.05) is 7.11 Å². The predicted molar refractivity (Wildman–Crippen MR) is 104 cm³/mol. The van der Waals surface area contributed by atoms with Gasteiger partial charge in [-0.15, -0.1) is 0 Å². The molecule has 0 radical (unpaired) electrons. The Kier molecular flexibility index (Phi) is 4.75. The first kappa shape index (κ1) is 18.4. The highest BCUT2D eigenvalue weighted by molar-refractivity contribution is 5.85. The number of methoxy groups -OCH3 is 1. The lowest BCUT2D eigenvalue weighted by atomic mass is 9.64. The van der Waals surface area contributed by atoms with E-state index in [2.05, 4.69) is 19.9 Å². The molecule has 4 rings (SSSR count). The summed E-state index contributed by atoms with van der Waals surface area (Å²) in [5.74, 6) is 1.58. The zero-order valence-corrected chi connectivity index (χ0v) is 16.2. The van der Waals surface area contributed by atoms with Crippen LogP contribution in [0.3, 0.4) is 0 Å². The number of cyclic esters (lactones) is 1. The fourth-order valence-corrected chi connectivity index (χ4v) is 4.42. The first-order valence-electron chi connectivity index (χ1n) is 9.50. The van der Waals surface area contributed by atoms with Gasteiger partial charge in [0.25, 0.3) is 0 Å². The molecule has 0 unspecified atom stereocenters. The minimum absolute atomic E-state index is 0.0658. The summed E-state index contributed by atoms with van der Waals surface area (Å²) in [4.78, 5) is 11.7. The first-order valence-corrected chi connectivity index (χ1v) is 9.50. The molecule has 0 spiro atoms. The van der Waals surface area contributed by atoms with Crippen LogP contribution in [0.5, 0.6) is 11.5 Å². The number of benzene rings is 1. The average Bonchev–Trinajstić information content (AvgIpc) is 3.36. The summed E-state index contributed by atoms with van der Waals surface area (Å²) in [5, 5.41) is 10.7. The van der Waals surface area contributed by atoms with Crippen LogP contribution in [0.1, 0.15) is 37.0 Å². The summed E-state index contributed by atoms with van der Waals surface area (Å²) in [7, 11) is 1.61. The van der Waals surface area contributed by atoms with Crippen LogP contribution in [0.25, 0.3) is 0 Å². The summed E-state index contributed by atoms with van der Waals surface area (Å²) >= 11 is 0. The highest BCUT2D eigenvalue weighted by Gasteiger charge is 2.43. The second kappa shape index (κ2) is 7.23. The molecule has 0 bridgehead atoms. The lowest BCUT2D eigenvalue weighted by molar-refractivity contribution is -0.137. The Balaban J connectivity index is 1.87. The molecule has 1 aliphatic heterocycles. The maximum atomic E-state index is 11.7. The number of aromatic hydroxyl groups is 1. The Bertz CT molecular complexity index is 924. The van der Waals surface area contributed by atoms with Crippen molar-refractivity contribution in [3.63, 3.8) is 0 Å². The Morgan fingerprint density at radius 1 is 1.18 bits per heavy atom. The molecule has 1 N–H and O–H groups in total. The molecule has 5 atom stereocenters. The van der Waals surface area contributed by atoms with E-state index < -0.39 is 6.10 Å². The fraction of sp³-hybridized carbons (Fsp3) is 0.348. The normalized spacial score (nSPS) is 29.5. The van der Waals surface area contributed by atoms with Crippen LogP contribution in [-0.4, -0.2) is 24.3 Å². The SMILES string of the molecule is COc1ccc(O)c([C@H]2[C@H](C)[C@@H](C)C=C([C@@H]3C=CC(=O)O3)[C@H]2c2ccco2)c1. The average molecular weight is 380 g/mol. The molecule has 1 aromatic carbocycles. The van der Waals surface area contributed by atoms with Crippen molar-refractivity contribution < 1.29 is 23.8 Å². The van der Waals surface area contributed by atoms with Gasteiger partial charge in [0.05, 0.1) is 13.4 Å². The quantitative estimate of drug-likeness (QED) is 0.622. The van der Waals surface area contributed by atoms with Crippen LogP contribution in [0.2, 0.25) is 0 Å². The first-order chi connectivity index (χ1) is 13.5. The predicted octanol–water partition coefficient (Wildman–Crippen LogP) is 4.56. The van der Waals surface area contributed by atoms with Crippen LogP contribution in [0.15, 0.2) is 64.8 Å². The van der Waals surface area contributed by atoms with Gasteiger partial charge in [0.1, 0.15) is 23.4 Å². The van der Waals surface area contributed by atoms with Gasteiger partial charge in [-0.1, -0.05) is 19.9 Å². The fourth-order valence-electron chi connectivity index (χ4n) is 4.42. The third kappa shape index (κ3) is 3.11. The van der Waals surface area contributed by atoms with Gasteiger partial charge in [0.15, 0.2) is 0 Å². The number of carbonyl (C=O) groups is 1. The van der Waals surface area contributed by atoms with Crippen molar-refractivity contribution in [3.05, 3.63) is 71.7 Å². The Labute approximate surface area is 164 Å². The number of allylic oxidation sites excluding steroid dienone is 1. The van der Waals surface area contributed by atoms with Gasteiger partial charge in [-0.2, -0.15) is 0 Å². The number of carbonyl (C=O) groups excluding carboxylic acids is 1. The van der Waals surface area contributed by atoms with E-state index in [1.54, 1.807) is 31.6 Å². The number of ether oxygens (including phenoxy) is 2. The highest BCUT2D eigenvalue weighted by atomic mass is 16.5. The van der Waals surface area contributed by atoms with E-state index in [1.807, 2.05) is 18.2 Å². The molecule has 146 valence electrons. The molecule has 5 heteroatoms. The van der Waals surface area contributed by atoms with Gasteiger partial charge < -0.3 is 19.0 Å². The van der Waals surface area contributed by atoms with Gasteiger partial charge in [0, 0.05) is 23.5 Å². The Morgan fingerprint density at radius 3 is 2.64 bits per heavy atom. The van der Waals surface area contributed by atoms with Crippen molar-refractivity contribution >= 4 is 5.97 Å². The molecule has 2 heterocycles. The van der Waals surface area contributed by atoms with E-state index >= 15 is 0 Å². The van der Waals surface area contributed by atoms with Crippen LogP contribution in [0.4, 0.5) is 0 Å². The zero-order valence-electron chi connectivity index (χ0n) is 16.2. The third-order valence-electron chi connectivity index (χ3n) is 5.99. The lowest BCUT2D eigenvalue weighted by Gasteiger charge is -2.41. The monoisotopic (exact) mass is 380 g/mol. The van der Waals surface area contributed by atoms with Gasteiger partial charge in [-0.3, -0.25) is 0 Å². The van der Waals surface area contributed by atoms with Crippen molar-refractivity contribution in [1.29, 1.82) is 0 Å². The topological polar surface area (TPSA) is 68.9 Å².